The Morgan fingerprint density at radius 1 is 1.06 bits per heavy atom. The lowest BCUT2D eigenvalue weighted by Crippen LogP contribution is -2.40. The van der Waals surface area contributed by atoms with Crippen LogP contribution < -0.4 is 26.2 Å². The molecule has 2 aromatic carbocycles. The number of hydrogen-bond donors (Lipinski definition) is 4. The van der Waals surface area contributed by atoms with E-state index in [2.05, 4.69) is 9.71 Å². The molecule has 3 aromatic rings. The molecule has 0 aliphatic rings. The molecule has 0 spiro atoms. The van der Waals surface area contributed by atoms with Gasteiger partial charge in [-0.15, -0.1) is 0 Å². The third-order valence-electron chi connectivity index (χ3n) is 4.68. The van der Waals surface area contributed by atoms with E-state index in [1.54, 1.807) is 12.1 Å². The molecule has 1 amide bonds. The van der Waals surface area contributed by atoms with E-state index < -0.39 is 33.2 Å². The molecule has 1 unspecified atom stereocenters. The molecule has 0 bridgehead atoms. The van der Waals surface area contributed by atoms with E-state index in [0.717, 1.165) is 0 Å². The first kappa shape index (κ1) is 26.2. The van der Waals surface area contributed by atoms with Gasteiger partial charge in [0.2, 0.25) is 15.9 Å². The SMILES string of the molecule is O=C(CC(CSCCn1ccc(=O)[nH]c1=O)NS(=O)(=O)c1ccc(Oc2ccccc2)cc1)NO. The number of carbonyl (C=O) groups excluding carboxylic acids is 1. The number of nitrogens with one attached hydrogen (secondary N) is 3. The minimum atomic E-state index is -3.98. The highest BCUT2D eigenvalue weighted by molar-refractivity contribution is 7.99. The number of ether oxygens (including phenoxy) is 1. The zero-order valence-corrected chi connectivity index (χ0v) is 20.1. The lowest BCUT2D eigenvalue weighted by atomic mass is 10.2. The summed E-state index contributed by atoms with van der Waals surface area (Å²) < 4.78 is 35.2. The van der Waals surface area contributed by atoms with Crippen LogP contribution in [0.15, 0.2) is 81.3 Å². The number of benzene rings is 2. The molecule has 3 rings (SSSR count). The van der Waals surface area contributed by atoms with Crippen molar-refractivity contribution in [3.8, 4) is 11.5 Å². The average molecular weight is 521 g/mol. The number of rotatable bonds is 12. The van der Waals surface area contributed by atoms with Gasteiger partial charge in [-0.2, -0.15) is 11.8 Å². The van der Waals surface area contributed by atoms with E-state index in [-0.39, 0.29) is 23.6 Å². The molecule has 13 heteroatoms. The molecule has 0 aliphatic heterocycles. The van der Waals surface area contributed by atoms with Crippen molar-refractivity contribution in [3.63, 3.8) is 0 Å². The second-order valence-electron chi connectivity index (χ2n) is 7.32. The van der Waals surface area contributed by atoms with Crippen LogP contribution in [0.3, 0.4) is 0 Å². The molecule has 0 saturated carbocycles. The summed E-state index contributed by atoms with van der Waals surface area (Å²) in [5.41, 5.74) is 0.458. The first-order chi connectivity index (χ1) is 16.8. The van der Waals surface area contributed by atoms with Gasteiger partial charge >= 0.3 is 5.69 Å². The van der Waals surface area contributed by atoms with E-state index in [0.29, 0.717) is 17.3 Å². The number of nitrogens with zero attached hydrogens (tertiary/aromatic N) is 1. The number of hydroxylamine groups is 1. The van der Waals surface area contributed by atoms with Gasteiger partial charge in [0, 0.05) is 42.8 Å². The Morgan fingerprint density at radius 3 is 2.40 bits per heavy atom. The van der Waals surface area contributed by atoms with Crippen molar-refractivity contribution in [2.45, 2.75) is 23.9 Å². The van der Waals surface area contributed by atoms with E-state index in [1.165, 1.54) is 58.3 Å². The predicted octanol–water partition coefficient (Wildman–Crippen LogP) is 1.30. The Labute approximate surface area is 205 Å². The van der Waals surface area contributed by atoms with Gasteiger partial charge in [-0.3, -0.25) is 24.3 Å². The van der Waals surface area contributed by atoms with Gasteiger partial charge < -0.3 is 4.74 Å². The number of amides is 1. The first-order valence-corrected chi connectivity index (χ1v) is 13.1. The molecule has 35 heavy (non-hydrogen) atoms. The van der Waals surface area contributed by atoms with Crippen LogP contribution in [0.4, 0.5) is 0 Å². The zero-order valence-electron chi connectivity index (χ0n) is 18.4. The van der Waals surface area contributed by atoms with Gasteiger partial charge in [0.05, 0.1) is 4.90 Å². The minimum Gasteiger partial charge on any atom is -0.457 e. The number of sulfonamides is 1. The van der Waals surface area contributed by atoms with Crippen LogP contribution in [-0.4, -0.2) is 46.6 Å². The molecule has 186 valence electrons. The number of aryl methyl sites for hydroxylation is 1. The summed E-state index contributed by atoms with van der Waals surface area (Å²) in [6.45, 7) is 0.273. The van der Waals surface area contributed by atoms with Gasteiger partial charge in [-0.05, 0) is 36.4 Å². The van der Waals surface area contributed by atoms with Gasteiger partial charge in [0.15, 0.2) is 0 Å². The molecule has 4 N–H and O–H groups in total. The maximum absolute atomic E-state index is 12.9. The summed E-state index contributed by atoms with van der Waals surface area (Å²) in [7, 11) is -3.98. The Kier molecular flexibility index (Phi) is 9.25. The normalized spacial score (nSPS) is 12.1. The fourth-order valence-corrected chi connectivity index (χ4v) is 5.33. The van der Waals surface area contributed by atoms with Crippen LogP contribution in [0.2, 0.25) is 0 Å². The Bertz CT molecular complexity index is 1340. The number of aromatic amines is 1. The second-order valence-corrected chi connectivity index (χ2v) is 10.2. The van der Waals surface area contributed by atoms with Crippen molar-refractivity contribution in [1.29, 1.82) is 0 Å². The van der Waals surface area contributed by atoms with Crippen molar-refractivity contribution in [2.75, 3.05) is 11.5 Å². The molecular formula is C22H24N4O7S2. The molecule has 0 fully saturated rings. The third-order valence-corrected chi connectivity index (χ3v) is 7.33. The number of aromatic nitrogens is 2. The zero-order chi connectivity index (χ0) is 25.3. The molecule has 11 nitrogen and oxygen atoms in total. The van der Waals surface area contributed by atoms with Crippen molar-refractivity contribution >= 4 is 27.7 Å². The maximum atomic E-state index is 12.9. The first-order valence-electron chi connectivity index (χ1n) is 10.4. The smallest absolute Gasteiger partial charge is 0.328 e. The maximum Gasteiger partial charge on any atom is 0.328 e. The summed E-state index contributed by atoms with van der Waals surface area (Å²) in [4.78, 5) is 36.7. The standard InChI is InChI=1S/C22H24N4O7S2/c27-20-10-11-26(22(29)23-20)12-13-34-15-16(14-21(28)24-30)25-35(31,32)19-8-6-18(7-9-19)33-17-4-2-1-3-5-17/h1-11,16,25,30H,12-15H2,(H,24,28)(H,23,27,29). The van der Waals surface area contributed by atoms with Gasteiger partial charge in [-0.1, -0.05) is 18.2 Å². The van der Waals surface area contributed by atoms with E-state index in [1.807, 2.05) is 18.2 Å². The average Bonchev–Trinajstić information content (AvgIpc) is 2.83. The van der Waals surface area contributed by atoms with Gasteiger partial charge in [-0.25, -0.2) is 23.4 Å². The number of H-pyrrole nitrogens is 1. The van der Waals surface area contributed by atoms with Crippen LogP contribution in [0.1, 0.15) is 6.42 Å². The van der Waals surface area contributed by atoms with Gasteiger partial charge in [0.25, 0.3) is 5.56 Å². The van der Waals surface area contributed by atoms with Crippen molar-refractivity contribution < 1.29 is 23.2 Å². The van der Waals surface area contributed by atoms with Crippen LogP contribution in [0.5, 0.6) is 11.5 Å². The Hall–Kier alpha value is -3.39. The Morgan fingerprint density at radius 2 is 1.74 bits per heavy atom. The fraction of sp³-hybridized carbons (Fsp3) is 0.227. The summed E-state index contributed by atoms with van der Waals surface area (Å²) in [5, 5.41) is 8.86. The van der Waals surface area contributed by atoms with Crippen molar-refractivity contribution in [3.05, 3.63) is 87.7 Å². The fourth-order valence-electron chi connectivity index (χ4n) is 3.01. The number of hydrogen-bond acceptors (Lipinski definition) is 8. The van der Waals surface area contributed by atoms with E-state index in [9.17, 15) is 22.8 Å². The minimum absolute atomic E-state index is 0.0166. The summed E-state index contributed by atoms with van der Waals surface area (Å²) in [6.07, 6.45) is 1.07. The highest BCUT2D eigenvalue weighted by Gasteiger charge is 2.22. The molecule has 0 aliphatic carbocycles. The highest BCUT2D eigenvalue weighted by atomic mass is 32.2. The predicted molar refractivity (Wildman–Crippen MR) is 130 cm³/mol. The van der Waals surface area contributed by atoms with Crippen LogP contribution in [0.25, 0.3) is 0 Å². The van der Waals surface area contributed by atoms with Crippen LogP contribution in [-0.2, 0) is 21.4 Å². The van der Waals surface area contributed by atoms with Crippen molar-refractivity contribution in [1.82, 2.24) is 19.8 Å². The number of carbonyl (C=O) groups is 1. The highest BCUT2D eigenvalue weighted by Crippen LogP contribution is 2.23. The largest absolute Gasteiger partial charge is 0.457 e. The lowest BCUT2D eigenvalue weighted by molar-refractivity contribution is -0.129. The number of para-hydroxylation sites is 1. The van der Waals surface area contributed by atoms with Crippen LogP contribution in [0, 0.1) is 0 Å². The van der Waals surface area contributed by atoms with Crippen molar-refractivity contribution in [2.24, 2.45) is 0 Å². The van der Waals surface area contributed by atoms with E-state index in [4.69, 9.17) is 9.94 Å². The monoisotopic (exact) mass is 520 g/mol. The quantitative estimate of drug-likeness (QED) is 0.158. The number of thioether (sulfide) groups is 1. The topological polar surface area (TPSA) is 160 Å². The van der Waals surface area contributed by atoms with Crippen LogP contribution >= 0.6 is 11.8 Å². The van der Waals surface area contributed by atoms with Gasteiger partial charge in [0.1, 0.15) is 11.5 Å². The summed E-state index contributed by atoms with van der Waals surface area (Å²) in [5.74, 6) is 0.926. The molecule has 1 aromatic heterocycles. The molecule has 1 atom stereocenters. The molecule has 0 saturated heterocycles. The molecular weight excluding hydrogens is 496 g/mol. The summed E-state index contributed by atoms with van der Waals surface area (Å²) >= 11 is 1.30. The van der Waals surface area contributed by atoms with E-state index >= 15 is 0 Å². The second kappa shape index (κ2) is 12.4. The molecule has 0 radical (unpaired) electrons. The molecule has 1 heterocycles. The third kappa shape index (κ3) is 8.10. The lowest BCUT2D eigenvalue weighted by Gasteiger charge is -2.18. The Balaban J connectivity index is 1.61. The summed E-state index contributed by atoms with van der Waals surface area (Å²) in [6, 6.07) is 15.2.